The molecule has 1 radical (unpaired) electrons. The van der Waals surface area contributed by atoms with Crippen LogP contribution in [0.2, 0.25) is 0 Å². The number of benzene rings is 2. The van der Waals surface area contributed by atoms with Crippen molar-refractivity contribution in [3.63, 3.8) is 0 Å². The fourth-order valence-corrected chi connectivity index (χ4v) is 3.07. The summed E-state index contributed by atoms with van der Waals surface area (Å²) in [5.74, 6) is 0.525. The molecule has 0 bridgehead atoms. The SMILES string of the molecule is CC(=O)/C=C(/C)O.[Ir].[c-]1scnc1-c1nnnn1-c1ccccc1-c1ccccc1. The summed E-state index contributed by atoms with van der Waals surface area (Å²) in [5, 5.41) is 23.4. The number of carbonyl (C=O) groups is 1. The average molecular weight is 597 g/mol. The van der Waals surface area contributed by atoms with Crippen molar-refractivity contribution in [1.82, 2.24) is 25.2 Å². The molecule has 0 unspecified atom stereocenters. The average Bonchev–Trinajstić information content (AvgIpc) is 3.39. The molecule has 0 fully saturated rings. The molecule has 4 aromatic rings. The van der Waals surface area contributed by atoms with E-state index in [1.54, 1.807) is 10.2 Å². The number of hydrogen-bond acceptors (Lipinski definition) is 7. The van der Waals surface area contributed by atoms with Crippen LogP contribution in [0.3, 0.4) is 0 Å². The van der Waals surface area contributed by atoms with Crippen LogP contribution in [-0.2, 0) is 24.9 Å². The second kappa shape index (κ2) is 11.3. The fourth-order valence-electron chi connectivity index (χ4n) is 2.60. The Morgan fingerprint density at radius 1 is 1.10 bits per heavy atom. The van der Waals surface area contributed by atoms with Crippen molar-refractivity contribution in [3.8, 4) is 28.3 Å². The van der Waals surface area contributed by atoms with Gasteiger partial charge in [0.15, 0.2) is 5.78 Å². The van der Waals surface area contributed by atoms with Gasteiger partial charge in [0.25, 0.3) is 0 Å². The van der Waals surface area contributed by atoms with Gasteiger partial charge >= 0.3 is 0 Å². The minimum atomic E-state index is -0.125. The number of ketones is 1. The molecule has 0 amide bonds. The first-order valence-corrected chi connectivity index (χ1v) is 9.57. The standard InChI is InChI=1S/C16H10N5S.C5H8O2.Ir/c1-2-6-12(7-3-1)13-8-4-5-9-15(13)21-16(18-19-20-21)14-10-22-11-17-14;1-4(6)3-5(2)7;/h1-9,11H;3,6H,1-2H3;/q-1;;/b;4-3-;. The van der Waals surface area contributed by atoms with Crippen molar-refractivity contribution in [1.29, 1.82) is 0 Å². The van der Waals surface area contributed by atoms with Crippen molar-refractivity contribution < 1.29 is 30.0 Å². The van der Waals surface area contributed by atoms with E-state index < -0.39 is 0 Å². The molecule has 2 heterocycles. The van der Waals surface area contributed by atoms with E-state index >= 15 is 0 Å². The third kappa shape index (κ3) is 6.00. The first kappa shape index (κ1) is 23.3. The number of para-hydroxylation sites is 1. The summed E-state index contributed by atoms with van der Waals surface area (Å²) in [6.07, 6.45) is 1.17. The molecule has 0 spiro atoms. The van der Waals surface area contributed by atoms with Crippen LogP contribution in [0.1, 0.15) is 13.8 Å². The summed E-state index contributed by atoms with van der Waals surface area (Å²) in [6.45, 7) is 2.85. The zero-order valence-electron chi connectivity index (χ0n) is 16.2. The van der Waals surface area contributed by atoms with E-state index in [1.807, 2.05) is 36.4 Å². The van der Waals surface area contributed by atoms with Gasteiger partial charge in [0, 0.05) is 31.7 Å². The van der Waals surface area contributed by atoms with E-state index in [9.17, 15) is 4.79 Å². The van der Waals surface area contributed by atoms with Crippen molar-refractivity contribution in [2.45, 2.75) is 13.8 Å². The smallest absolute Gasteiger partial charge is 0.155 e. The Morgan fingerprint density at radius 2 is 1.80 bits per heavy atom. The van der Waals surface area contributed by atoms with Gasteiger partial charge in [-0.15, -0.1) is 0 Å². The van der Waals surface area contributed by atoms with Crippen LogP contribution >= 0.6 is 11.3 Å². The second-order valence-electron chi connectivity index (χ2n) is 6.00. The Balaban J connectivity index is 0.000000350. The van der Waals surface area contributed by atoms with E-state index in [0.29, 0.717) is 11.5 Å². The molecule has 0 aliphatic heterocycles. The fraction of sp³-hybridized carbons (Fsp3) is 0.0952. The molecule has 155 valence electrons. The molecule has 9 heteroatoms. The zero-order valence-corrected chi connectivity index (χ0v) is 19.4. The van der Waals surface area contributed by atoms with Crippen LogP contribution in [0.25, 0.3) is 28.3 Å². The van der Waals surface area contributed by atoms with Crippen molar-refractivity contribution in [2.75, 3.05) is 0 Å². The van der Waals surface area contributed by atoms with E-state index in [2.05, 4.69) is 44.1 Å². The maximum Gasteiger partial charge on any atom is 0.155 e. The molecular formula is C21H18IrN5O2S-. The Kier molecular flexibility index (Phi) is 8.73. The Morgan fingerprint density at radius 3 is 2.40 bits per heavy atom. The van der Waals surface area contributed by atoms with Crippen LogP contribution in [0.5, 0.6) is 0 Å². The third-order valence-corrected chi connectivity index (χ3v) is 4.22. The molecule has 30 heavy (non-hydrogen) atoms. The van der Waals surface area contributed by atoms with Gasteiger partial charge in [-0.05, 0) is 41.9 Å². The molecule has 1 N–H and O–H groups in total. The van der Waals surface area contributed by atoms with Gasteiger partial charge in [-0.25, -0.2) is 4.68 Å². The van der Waals surface area contributed by atoms with Crippen LogP contribution in [0, 0.1) is 5.38 Å². The number of rotatable bonds is 4. The Labute approximate surface area is 191 Å². The number of allylic oxidation sites excluding steroid dienone is 2. The van der Waals surface area contributed by atoms with E-state index in [-0.39, 0.29) is 31.6 Å². The first-order valence-electron chi connectivity index (χ1n) is 8.69. The number of thiazole rings is 1. The topological polar surface area (TPSA) is 93.8 Å². The quantitative estimate of drug-likeness (QED) is 0.215. The predicted molar refractivity (Wildman–Crippen MR) is 112 cm³/mol. The molecular weight excluding hydrogens is 579 g/mol. The number of carbonyl (C=O) groups excluding carboxylic acids is 1. The Hall–Kier alpha value is -3.00. The summed E-state index contributed by atoms with van der Waals surface area (Å²) in [7, 11) is 0. The van der Waals surface area contributed by atoms with Gasteiger partial charge in [0.1, 0.15) is 5.82 Å². The van der Waals surface area contributed by atoms with Gasteiger partial charge in [0.05, 0.1) is 11.4 Å². The maximum atomic E-state index is 10.0. The summed E-state index contributed by atoms with van der Waals surface area (Å²) >= 11 is 1.40. The minimum Gasteiger partial charge on any atom is -0.512 e. The van der Waals surface area contributed by atoms with Crippen LogP contribution in [-0.4, -0.2) is 36.1 Å². The largest absolute Gasteiger partial charge is 0.512 e. The number of tetrazole rings is 1. The molecule has 0 aliphatic rings. The number of aromatic nitrogens is 5. The molecule has 0 saturated carbocycles. The summed E-state index contributed by atoms with van der Waals surface area (Å²) < 4.78 is 1.70. The first-order chi connectivity index (χ1) is 14.1. The number of nitrogens with zero attached hydrogens (tertiary/aromatic N) is 5. The monoisotopic (exact) mass is 597 g/mol. The third-order valence-electron chi connectivity index (χ3n) is 3.70. The van der Waals surface area contributed by atoms with E-state index in [4.69, 9.17) is 5.11 Å². The molecule has 7 nitrogen and oxygen atoms in total. The molecule has 4 rings (SSSR count). The predicted octanol–water partition coefficient (Wildman–Crippen LogP) is 4.29. The van der Waals surface area contributed by atoms with Crippen molar-refractivity contribution in [3.05, 3.63) is 77.3 Å². The maximum absolute atomic E-state index is 10.0. The Bertz CT molecular complexity index is 1110. The van der Waals surface area contributed by atoms with E-state index in [0.717, 1.165) is 16.8 Å². The number of aliphatic hydroxyl groups is 1. The number of aliphatic hydroxyl groups excluding tert-OH is 1. The summed E-state index contributed by atoms with van der Waals surface area (Å²) in [4.78, 5) is 14.3. The number of hydrogen-bond donors (Lipinski definition) is 1. The molecule has 0 atom stereocenters. The van der Waals surface area contributed by atoms with Crippen LogP contribution < -0.4 is 0 Å². The van der Waals surface area contributed by atoms with Gasteiger partial charge in [0.2, 0.25) is 0 Å². The van der Waals surface area contributed by atoms with Gasteiger partial charge in [-0.1, -0.05) is 59.1 Å². The van der Waals surface area contributed by atoms with Gasteiger partial charge in [-0.3, -0.25) is 16.1 Å². The normalized spacial score (nSPS) is 10.5. The summed E-state index contributed by atoms with van der Waals surface area (Å²) in [5.41, 5.74) is 5.46. The van der Waals surface area contributed by atoms with Crippen molar-refractivity contribution in [2.24, 2.45) is 0 Å². The minimum absolute atomic E-state index is 0. The molecule has 2 aromatic carbocycles. The molecule has 2 aromatic heterocycles. The van der Waals surface area contributed by atoms with Crippen molar-refractivity contribution >= 4 is 17.1 Å². The summed E-state index contributed by atoms with van der Waals surface area (Å²) in [6, 6.07) is 18.2. The molecule has 0 saturated heterocycles. The zero-order chi connectivity index (χ0) is 20.6. The van der Waals surface area contributed by atoms with Crippen LogP contribution in [0.4, 0.5) is 0 Å². The van der Waals surface area contributed by atoms with E-state index in [1.165, 1.54) is 31.3 Å². The molecule has 0 aliphatic carbocycles. The van der Waals surface area contributed by atoms with Gasteiger partial charge in [-0.2, -0.15) is 5.10 Å². The van der Waals surface area contributed by atoms with Gasteiger partial charge < -0.3 is 10.1 Å². The second-order valence-corrected chi connectivity index (χ2v) is 6.65. The van der Waals surface area contributed by atoms with Crippen LogP contribution in [0.15, 0.2) is 71.9 Å².